The van der Waals surface area contributed by atoms with Crippen molar-refractivity contribution >= 4 is 56.1 Å². The highest BCUT2D eigenvalue weighted by atomic mass is 79.9. The molecule has 0 fully saturated rings. The molecule has 0 unspecified atom stereocenters. The van der Waals surface area contributed by atoms with E-state index in [1.807, 2.05) is 11.4 Å². The number of nitrogens with zero attached hydrogens (tertiary/aromatic N) is 1. The van der Waals surface area contributed by atoms with Crippen molar-refractivity contribution < 1.29 is 9.59 Å². The summed E-state index contributed by atoms with van der Waals surface area (Å²) in [5.41, 5.74) is 1.52. The van der Waals surface area contributed by atoms with Gasteiger partial charge in [0.1, 0.15) is 10.7 Å². The number of amides is 2. The van der Waals surface area contributed by atoms with E-state index in [4.69, 9.17) is 0 Å². The van der Waals surface area contributed by atoms with E-state index in [1.54, 1.807) is 48.0 Å². The summed E-state index contributed by atoms with van der Waals surface area (Å²) >= 11 is 6.41. The summed E-state index contributed by atoms with van der Waals surface area (Å²) in [5.74, 6) is -0.444. The van der Waals surface area contributed by atoms with Crippen molar-refractivity contribution in [2.45, 2.75) is 0 Å². The van der Waals surface area contributed by atoms with Gasteiger partial charge in [0.2, 0.25) is 0 Å². The van der Waals surface area contributed by atoms with Crippen molar-refractivity contribution in [1.82, 2.24) is 10.3 Å². The van der Waals surface area contributed by atoms with Crippen LogP contribution in [0.15, 0.2) is 45.6 Å². The second kappa shape index (κ2) is 7.25. The SMILES string of the molecule is CNC(=O)c1ccc(NC(=O)c2csc(-c3cc(Br)cs3)n2)cc1. The Balaban J connectivity index is 1.71. The van der Waals surface area contributed by atoms with Gasteiger partial charge in [-0.3, -0.25) is 9.59 Å². The molecule has 3 aromatic rings. The predicted molar refractivity (Wildman–Crippen MR) is 101 cm³/mol. The van der Waals surface area contributed by atoms with Crippen molar-refractivity contribution in [2.75, 3.05) is 12.4 Å². The molecular weight excluding hydrogens is 410 g/mol. The monoisotopic (exact) mass is 421 g/mol. The van der Waals surface area contributed by atoms with Crippen LogP contribution in [-0.2, 0) is 0 Å². The van der Waals surface area contributed by atoms with Crippen LogP contribution in [0.4, 0.5) is 5.69 Å². The molecule has 0 aliphatic carbocycles. The number of nitrogens with one attached hydrogen (secondary N) is 2. The van der Waals surface area contributed by atoms with Crippen molar-refractivity contribution in [3.05, 3.63) is 56.8 Å². The highest BCUT2D eigenvalue weighted by molar-refractivity contribution is 9.10. The average molecular weight is 422 g/mol. The smallest absolute Gasteiger partial charge is 0.275 e. The maximum atomic E-state index is 12.3. The largest absolute Gasteiger partial charge is 0.355 e. The zero-order valence-electron chi connectivity index (χ0n) is 12.5. The number of thiazole rings is 1. The molecule has 2 aromatic heterocycles. The first kappa shape index (κ1) is 16.8. The third-order valence-electron chi connectivity index (χ3n) is 3.15. The highest BCUT2D eigenvalue weighted by Gasteiger charge is 2.13. The molecule has 122 valence electrons. The molecule has 2 amide bonds. The molecule has 2 heterocycles. The second-order valence-corrected chi connectivity index (χ2v) is 7.46. The quantitative estimate of drug-likeness (QED) is 0.661. The van der Waals surface area contributed by atoms with Crippen LogP contribution >= 0.6 is 38.6 Å². The van der Waals surface area contributed by atoms with Crippen molar-refractivity contribution in [1.29, 1.82) is 0 Å². The molecule has 0 saturated carbocycles. The number of hydrogen-bond acceptors (Lipinski definition) is 5. The van der Waals surface area contributed by atoms with Crippen molar-refractivity contribution in [3.63, 3.8) is 0 Å². The van der Waals surface area contributed by atoms with Crippen LogP contribution in [0.3, 0.4) is 0 Å². The van der Waals surface area contributed by atoms with Gasteiger partial charge in [-0.2, -0.15) is 0 Å². The van der Waals surface area contributed by atoms with Gasteiger partial charge in [0.15, 0.2) is 0 Å². The third-order valence-corrected chi connectivity index (χ3v) is 5.85. The molecule has 0 bridgehead atoms. The lowest BCUT2D eigenvalue weighted by molar-refractivity contribution is 0.0962. The first-order valence-electron chi connectivity index (χ1n) is 6.90. The minimum absolute atomic E-state index is 0.167. The first-order chi connectivity index (χ1) is 11.6. The van der Waals surface area contributed by atoms with E-state index in [0.29, 0.717) is 16.9 Å². The zero-order valence-corrected chi connectivity index (χ0v) is 15.7. The number of anilines is 1. The van der Waals surface area contributed by atoms with Crippen molar-refractivity contribution in [3.8, 4) is 9.88 Å². The summed E-state index contributed by atoms with van der Waals surface area (Å²) in [7, 11) is 1.57. The van der Waals surface area contributed by atoms with E-state index in [1.165, 1.54) is 11.3 Å². The lowest BCUT2D eigenvalue weighted by atomic mass is 10.2. The Morgan fingerprint density at radius 3 is 2.46 bits per heavy atom. The Hall–Kier alpha value is -2.03. The molecule has 24 heavy (non-hydrogen) atoms. The normalized spacial score (nSPS) is 10.4. The lowest BCUT2D eigenvalue weighted by Gasteiger charge is -2.04. The molecule has 0 spiro atoms. The van der Waals surface area contributed by atoms with Gasteiger partial charge in [-0.1, -0.05) is 0 Å². The maximum absolute atomic E-state index is 12.3. The van der Waals surface area contributed by atoms with Crippen LogP contribution in [0.2, 0.25) is 0 Å². The van der Waals surface area contributed by atoms with Crippen LogP contribution in [-0.4, -0.2) is 23.8 Å². The standard InChI is InChI=1S/C16H12BrN3O2S2/c1-18-14(21)9-2-4-11(5-3-9)19-15(22)12-8-24-16(20-12)13-6-10(17)7-23-13/h2-8H,1H3,(H,18,21)(H,19,22). The molecule has 3 rings (SSSR count). The summed E-state index contributed by atoms with van der Waals surface area (Å²) in [5, 5.41) is 9.85. The highest BCUT2D eigenvalue weighted by Crippen LogP contribution is 2.32. The van der Waals surface area contributed by atoms with Gasteiger partial charge in [-0.15, -0.1) is 22.7 Å². The third kappa shape index (κ3) is 3.72. The van der Waals surface area contributed by atoms with Crippen LogP contribution in [0.1, 0.15) is 20.8 Å². The zero-order chi connectivity index (χ0) is 17.1. The van der Waals surface area contributed by atoms with Crippen LogP contribution in [0, 0.1) is 0 Å². The molecule has 8 heteroatoms. The number of aromatic nitrogens is 1. The first-order valence-corrected chi connectivity index (χ1v) is 9.45. The molecule has 1 aromatic carbocycles. The molecule has 0 saturated heterocycles. The molecule has 0 aliphatic rings. The summed E-state index contributed by atoms with van der Waals surface area (Å²) in [6, 6.07) is 8.66. The molecule has 0 radical (unpaired) electrons. The molecule has 2 N–H and O–H groups in total. The Morgan fingerprint density at radius 1 is 1.08 bits per heavy atom. The minimum Gasteiger partial charge on any atom is -0.355 e. The van der Waals surface area contributed by atoms with Gasteiger partial charge >= 0.3 is 0 Å². The molecule has 0 aliphatic heterocycles. The number of thiophene rings is 1. The van der Waals surface area contributed by atoms with E-state index in [-0.39, 0.29) is 11.8 Å². The fourth-order valence-electron chi connectivity index (χ4n) is 1.96. The average Bonchev–Trinajstić information content (AvgIpc) is 3.23. The Labute approximate surface area is 154 Å². The summed E-state index contributed by atoms with van der Waals surface area (Å²) in [6.45, 7) is 0. The summed E-state index contributed by atoms with van der Waals surface area (Å²) in [4.78, 5) is 29.2. The Kier molecular flexibility index (Phi) is 5.08. The van der Waals surface area contributed by atoms with Gasteiger partial charge in [-0.25, -0.2) is 4.98 Å². The number of benzene rings is 1. The predicted octanol–water partition coefficient (Wildman–Crippen LogP) is 4.25. The Morgan fingerprint density at radius 2 is 1.83 bits per heavy atom. The maximum Gasteiger partial charge on any atom is 0.275 e. The van der Waals surface area contributed by atoms with E-state index in [9.17, 15) is 9.59 Å². The molecule has 0 atom stereocenters. The summed E-state index contributed by atoms with van der Waals surface area (Å²) < 4.78 is 1.000. The topological polar surface area (TPSA) is 71.1 Å². The van der Waals surface area contributed by atoms with E-state index >= 15 is 0 Å². The van der Waals surface area contributed by atoms with Crippen LogP contribution < -0.4 is 10.6 Å². The molecule has 5 nitrogen and oxygen atoms in total. The van der Waals surface area contributed by atoms with Gasteiger partial charge in [0.25, 0.3) is 11.8 Å². The number of carbonyl (C=O) groups is 2. The number of rotatable bonds is 4. The second-order valence-electron chi connectivity index (χ2n) is 4.78. The fourth-order valence-corrected chi connectivity index (χ4v) is 4.27. The van der Waals surface area contributed by atoms with Gasteiger partial charge < -0.3 is 10.6 Å². The van der Waals surface area contributed by atoms with Gasteiger partial charge in [0, 0.05) is 33.5 Å². The minimum atomic E-state index is -0.277. The van der Waals surface area contributed by atoms with Crippen LogP contribution in [0.5, 0.6) is 0 Å². The number of carbonyl (C=O) groups excluding carboxylic acids is 2. The van der Waals surface area contributed by atoms with Gasteiger partial charge in [0.05, 0.1) is 4.88 Å². The van der Waals surface area contributed by atoms with Crippen LogP contribution in [0.25, 0.3) is 9.88 Å². The Bertz CT molecular complexity index is 887. The van der Waals surface area contributed by atoms with E-state index in [0.717, 1.165) is 14.4 Å². The number of halogens is 1. The van der Waals surface area contributed by atoms with Gasteiger partial charge in [-0.05, 0) is 46.3 Å². The van der Waals surface area contributed by atoms with Crippen molar-refractivity contribution in [2.24, 2.45) is 0 Å². The van der Waals surface area contributed by atoms with E-state index < -0.39 is 0 Å². The lowest BCUT2D eigenvalue weighted by Crippen LogP contribution is -2.18. The summed E-state index contributed by atoms with van der Waals surface area (Å²) in [6.07, 6.45) is 0. The fraction of sp³-hybridized carbons (Fsp3) is 0.0625. The number of hydrogen-bond donors (Lipinski definition) is 2. The molecular formula is C16H12BrN3O2S2. The van der Waals surface area contributed by atoms with E-state index in [2.05, 4.69) is 31.5 Å².